The maximum absolute atomic E-state index is 11.0. The van der Waals surface area contributed by atoms with Gasteiger partial charge in [-0.1, -0.05) is 19.9 Å². The number of anilines is 1. The van der Waals surface area contributed by atoms with Gasteiger partial charge in [0, 0.05) is 43.3 Å². The number of fused-ring (bicyclic) bond motifs is 2. The molecule has 2 fully saturated rings. The molecule has 3 aliphatic rings. The first-order valence-electron chi connectivity index (χ1n) is 12.6. The lowest BCUT2D eigenvalue weighted by Crippen LogP contribution is -2.37. The minimum atomic E-state index is -0.0556. The van der Waals surface area contributed by atoms with Gasteiger partial charge in [0.2, 0.25) is 5.95 Å². The molecule has 8 heteroatoms. The van der Waals surface area contributed by atoms with E-state index in [9.17, 15) is 4.79 Å². The zero-order chi connectivity index (χ0) is 24.6. The summed E-state index contributed by atoms with van der Waals surface area (Å²) in [6.45, 7) is 11.3. The molecular formula is C27H35N5O3. The Morgan fingerprint density at radius 1 is 1.03 bits per heavy atom. The smallest absolute Gasteiger partial charge is 0.251 e. The molecule has 3 aliphatic heterocycles. The molecule has 0 unspecified atom stereocenters. The Balaban J connectivity index is 0.000000186. The third kappa shape index (κ3) is 6.26. The van der Waals surface area contributed by atoms with Crippen LogP contribution in [0.25, 0.3) is 10.9 Å². The predicted molar refractivity (Wildman–Crippen MR) is 138 cm³/mol. The maximum atomic E-state index is 11.0. The quantitative estimate of drug-likeness (QED) is 0.594. The summed E-state index contributed by atoms with van der Waals surface area (Å²) in [6, 6.07) is 11.3. The van der Waals surface area contributed by atoms with Gasteiger partial charge in [0.25, 0.3) is 5.91 Å². The fourth-order valence-electron chi connectivity index (χ4n) is 4.50. The lowest BCUT2D eigenvalue weighted by Gasteiger charge is -2.26. The van der Waals surface area contributed by atoms with E-state index >= 15 is 0 Å². The van der Waals surface area contributed by atoms with E-state index in [4.69, 9.17) is 14.8 Å². The summed E-state index contributed by atoms with van der Waals surface area (Å²) in [5.41, 5.74) is 3.93. The topological polar surface area (TPSA) is 90.8 Å². The van der Waals surface area contributed by atoms with E-state index in [-0.39, 0.29) is 11.7 Å². The predicted octanol–water partition coefficient (Wildman–Crippen LogP) is 3.72. The van der Waals surface area contributed by atoms with E-state index < -0.39 is 0 Å². The zero-order valence-corrected chi connectivity index (χ0v) is 20.7. The zero-order valence-electron chi connectivity index (χ0n) is 20.7. The van der Waals surface area contributed by atoms with Gasteiger partial charge in [-0.2, -0.15) is 0 Å². The van der Waals surface area contributed by atoms with Crippen molar-refractivity contribution < 1.29 is 14.6 Å². The first-order chi connectivity index (χ1) is 17.2. The summed E-state index contributed by atoms with van der Waals surface area (Å²) in [5, 5.41) is 12.8. The Labute approximate surface area is 206 Å². The van der Waals surface area contributed by atoms with Crippen LogP contribution in [0.5, 0.6) is 5.75 Å². The molecular weight excluding hydrogens is 442 g/mol. The number of benzene rings is 2. The van der Waals surface area contributed by atoms with Gasteiger partial charge in [-0.05, 0) is 67.4 Å². The fourth-order valence-corrected chi connectivity index (χ4v) is 4.50. The van der Waals surface area contributed by atoms with E-state index in [0.29, 0.717) is 12.1 Å². The average Bonchev–Trinajstić information content (AvgIpc) is 3.55. The van der Waals surface area contributed by atoms with E-state index in [1.165, 1.54) is 37.6 Å². The Morgan fingerprint density at radius 2 is 1.80 bits per heavy atom. The molecule has 0 bridgehead atoms. The number of aromatic hydroxyl groups is 1. The van der Waals surface area contributed by atoms with Gasteiger partial charge in [-0.15, -0.1) is 0 Å². The molecule has 0 saturated carbocycles. The molecule has 0 aliphatic carbocycles. The number of nitrogens with one attached hydrogen (secondary N) is 1. The Bertz CT molecular complexity index is 1140. The lowest BCUT2D eigenvalue weighted by molar-refractivity contribution is 0.0965. The molecule has 8 nitrogen and oxygen atoms in total. The van der Waals surface area contributed by atoms with Crippen molar-refractivity contribution in [2.75, 3.05) is 44.3 Å². The molecule has 2 aromatic carbocycles. The van der Waals surface area contributed by atoms with Crippen LogP contribution in [-0.2, 0) is 17.8 Å². The number of likely N-dealkylation sites (tertiary alicyclic amines) is 1. The van der Waals surface area contributed by atoms with Crippen LogP contribution < -0.4 is 10.2 Å². The van der Waals surface area contributed by atoms with Crippen molar-refractivity contribution in [2.45, 2.75) is 39.8 Å². The largest absolute Gasteiger partial charge is 0.508 e. The van der Waals surface area contributed by atoms with Crippen molar-refractivity contribution in [2.24, 2.45) is 0 Å². The third-order valence-corrected chi connectivity index (χ3v) is 6.30. The van der Waals surface area contributed by atoms with Gasteiger partial charge >= 0.3 is 0 Å². The highest BCUT2D eigenvalue weighted by molar-refractivity contribution is 5.98. The normalized spacial score (nSPS) is 17.2. The number of aromatic nitrogens is 2. The van der Waals surface area contributed by atoms with Crippen LogP contribution in [0.2, 0.25) is 0 Å². The van der Waals surface area contributed by atoms with Crippen LogP contribution in [0.4, 0.5) is 5.95 Å². The second-order valence-electron chi connectivity index (χ2n) is 8.67. The minimum Gasteiger partial charge on any atom is -0.508 e. The van der Waals surface area contributed by atoms with Crippen molar-refractivity contribution in [1.82, 2.24) is 20.2 Å². The maximum Gasteiger partial charge on any atom is 0.251 e. The monoisotopic (exact) mass is 477 g/mol. The van der Waals surface area contributed by atoms with Gasteiger partial charge in [-0.25, -0.2) is 9.97 Å². The van der Waals surface area contributed by atoms with Gasteiger partial charge in [0.15, 0.2) is 0 Å². The minimum absolute atomic E-state index is 0.0556. The lowest BCUT2D eigenvalue weighted by atomic mass is 10.1. The Hall–Kier alpha value is -3.23. The van der Waals surface area contributed by atoms with Crippen LogP contribution in [0, 0.1) is 0 Å². The van der Waals surface area contributed by atoms with Gasteiger partial charge in [0.1, 0.15) is 5.75 Å². The first-order valence-corrected chi connectivity index (χ1v) is 12.6. The SMILES string of the molecule is CC.O=C1NCc2cc(O)ccc21.c1cc2nc(N3CCOCC3)ncc2cc1CN1CCCC1. The highest BCUT2D eigenvalue weighted by Crippen LogP contribution is 2.21. The molecule has 0 radical (unpaired) electrons. The second-order valence-corrected chi connectivity index (χ2v) is 8.67. The molecule has 35 heavy (non-hydrogen) atoms. The number of phenolic OH excluding ortho intramolecular Hbond substituents is 1. The first kappa shape index (κ1) is 24.9. The number of phenols is 1. The number of carbonyl (C=O) groups is 1. The highest BCUT2D eigenvalue weighted by Gasteiger charge is 2.18. The van der Waals surface area contributed by atoms with Crippen LogP contribution in [0.3, 0.4) is 0 Å². The molecule has 186 valence electrons. The summed E-state index contributed by atoms with van der Waals surface area (Å²) >= 11 is 0. The summed E-state index contributed by atoms with van der Waals surface area (Å²) in [5.74, 6) is 0.975. The molecule has 6 rings (SSSR count). The summed E-state index contributed by atoms with van der Waals surface area (Å²) in [7, 11) is 0. The van der Waals surface area contributed by atoms with Crippen LogP contribution in [0.1, 0.15) is 48.2 Å². The molecule has 1 amide bonds. The van der Waals surface area contributed by atoms with E-state index in [1.54, 1.807) is 12.1 Å². The Kier molecular flexibility index (Phi) is 8.50. The second kappa shape index (κ2) is 12.0. The summed E-state index contributed by atoms with van der Waals surface area (Å²) < 4.78 is 5.39. The third-order valence-electron chi connectivity index (χ3n) is 6.30. The van der Waals surface area contributed by atoms with Crippen molar-refractivity contribution in [3.05, 3.63) is 59.3 Å². The van der Waals surface area contributed by atoms with Crippen LogP contribution in [-0.4, -0.2) is 65.3 Å². The molecule has 0 atom stereocenters. The number of morpholine rings is 1. The van der Waals surface area contributed by atoms with Crippen molar-refractivity contribution >= 4 is 22.8 Å². The number of carbonyl (C=O) groups excluding carboxylic acids is 1. The number of amides is 1. The van der Waals surface area contributed by atoms with Crippen LogP contribution >= 0.6 is 0 Å². The summed E-state index contributed by atoms with van der Waals surface area (Å²) in [6.07, 6.45) is 4.62. The molecule has 2 N–H and O–H groups in total. The van der Waals surface area contributed by atoms with Gasteiger partial charge in [0.05, 0.1) is 18.7 Å². The van der Waals surface area contributed by atoms with Crippen molar-refractivity contribution in [3.8, 4) is 5.75 Å². The standard InChI is InChI=1S/C17H22N4O.C8H7NO2.C2H6/c1-2-6-20(5-1)13-14-3-4-16-15(11-14)12-18-17(19-16)21-7-9-22-10-8-21;10-6-1-2-7-5(3-6)4-9-8(7)11;1-2/h3-4,11-12H,1-2,5-10,13H2;1-3,10H,4H2,(H,9,11);1-2H3. The molecule has 4 heterocycles. The number of nitrogens with zero attached hydrogens (tertiary/aromatic N) is 4. The van der Waals surface area contributed by atoms with Gasteiger partial charge in [-0.3, -0.25) is 9.69 Å². The van der Waals surface area contributed by atoms with Crippen molar-refractivity contribution in [3.63, 3.8) is 0 Å². The number of rotatable bonds is 3. The van der Waals surface area contributed by atoms with Crippen molar-refractivity contribution in [1.29, 1.82) is 0 Å². The highest BCUT2D eigenvalue weighted by atomic mass is 16.5. The van der Waals surface area contributed by atoms with Gasteiger partial charge < -0.3 is 20.1 Å². The Morgan fingerprint density at radius 3 is 2.57 bits per heavy atom. The molecule has 2 saturated heterocycles. The molecule has 1 aromatic heterocycles. The number of hydrogen-bond donors (Lipinski definition) is 2. The van der Waals surface area contributed by atoms with E-state index in [2.05, 4.69) is 38.3 Å². The number of hydrogen-bond acceptors (Lipinski definition) is 7. The average molecular weight is 478 g/mol. The summed E-state index contributed by atoms with van der Waals surface area (Å²) in [4.78, 5) is 25.0. The van der Waals surface area contributed by atoms with E-state index in [0.717, 1.165) is 55.3 Å². The fraction of sp³-hybridized carbons (Fsp3) is 0.444. The molecule has 0 spiro atoms. The van der Waals surface area contributed by atoms with Crippen LogP contribution in [0.15, 0.2) is 42.6 Å². The number of ether oxygens (including phenoxy) is 1. The molecule has 3 aromatic rings. The van der Waals surface area contributed by atoms with E-state index in [1.807, 2.05) is 20.0 Å².